The Bertz CT molecular complexity index is 2870. The molecule has 0 bridgehead atoms. The molecule has 0 saturated heterocycles. The molecule has 10 rings (SSSR count). The summed E-state index contributed by atoms with van der Waals surface area (Å²) in [5.74, 6) is 0.633. The smallest absolute Gasteiger partial charge is 0.227 e. The summed E-state index contributed by atoms with van der Waals surface area (Å²) in [6.07, 6.45) is 0. The van der Waals surface area contributed by atoms with Gasteiger partial charge >= 0.3 is 0 Å². The van der Waals surface area contributed by atoms with Crippen LogP contribution in [0.15, 0.2) is 199 Å². The van der Waals surface area contributed by atoms with Gasteiger partial charge in [-0.15, -0.1) is 0 Å². The highest BCUT2D eigenvalue weighted by Crippen LogP contribution is 2.41. The summed E-state index contributed by atoms with van der Waals surface area (Å²) in [4.78, 5) is 7.33. The number of aromatic nitrogens is 1. The predicted octanol–water partition coefficient (Wildman–Crippen LogP) is 13.8. The van der Waals surface area contributed by atoms with Gasteiger partial charge in [0.15, 0.2) is 5.58 Å². The number of fused-ring (bicyclic) bond motifs is 7. The van der Waals surface area contributed by atoms with Gasteiger partial charge in [0, 0.05) is 33.4 Å². The van der Waals surface area contributed by atoms with Gasteiger partial charge in [0.1, 0.15) is 5.52 Å². The van der Waals surface area contributed by atoms with Crippen LogP contribution in [0.5, 0.6) is 0 Å². The minimum atomic E-state index is 0.633. The van der Waals surface area contributed by atoms with Crippen LogP contribution in [0.2, 0.25) is 0 Å². The van der Waals surface area contributed by atoms with E-state index < -0.39 is 0 Å². The standard InChI is InChI=1S/C49H32N2O/c1-3-13-36(14-4-1)49-50-47-45-20-10-9-19-43(45)44-31-26-37(32-46(44)48(47)52-49)33-22-27-39(28-23-33)51(38-16-5-2-6-17-38)40-29-24-35(25-30-40)42-21-11-15-34-12-7-8-18-41(34)42/h1-32H. The van der Waals surface area contributed by atoms with Crippen molar-refractivity contribution in [3.63, 3.8) is 0 Å². The molecule has 0 unspecified atom stereocenters. The Labute approximate surface area is 301 Å². The maximum atomic E-state index is 6.55. The summed E-state index contributed by atoms with van der Waals surface area (Å²) < 4.78 is 6.55. The molecule has 3 heteroatoms. The summed E-state index contributed by atoms with van der Waals surface area (Å²) >= 11 is 0. The van der Waals surface area contributed by atoms with Gasteiger partial charge in [0.2, 0.25) is 5.89 Å². The molecular formula is C49H32N2O. The zero-order valence-corrected chi connectivity index (χ0v) is 28.3. The second-order valence-corrected chi connectivity index (χ2v) is 13.2. The van der Waals surface area contributed by atoms with Gasteiger partial charge < -0.3 is 9.32 Å². The zero-order chi connectivity index (χ0) is 34.4. The normalized spacial score (nSPS) is 11.5. The molecule has 1 aromatic heterocycles. The monoisotopic (exact) mass is 664 g/mol. The Morgan fingerprint density at radius 2 is 0.923 bits per heavy atom. The minimum absolute atomic E-state index is 0.633. The van der Waals surface area contributed by atoms with Crippen LogP contribution < -0.4 is 4.90 Å². The number of nitrogens with zero attached hydrogens (tertiary/aromatic N) is 2. The molecule has 10 aromatic rings. The molecule has 0 aliphatic rings. The van der Waals surface area contributed by atoms with Crippen molar-refractivity contribution >= 4 is 60.5 Å². The quantitative estimate of drug-likeness (QED) is 0.166. The summed E-state index contributed by atoms with van der Waals surface area (Å²) in [6, 6.07) is 68.7. The average Bonchev–Trinajstić information content (AvgIpc) is 3.68. The highest BCUT2D eigenvalue weighted by Gasteiger charge is 2.18. The van der Waals surface area contributed by atoms with Gasteiger partial charge in [-0.3, -0.25) is 0 Å². The first-order chi connectivity index (χ1) is 25.8. The molecule has 244 valence electrons. The Morgan fingerprint density at radius 1 is 0.365 bits per heavy atom. The second kappa shape index (κ2) is 12.4. The van der Waals surface area contributed by atoms with Crippen molar-refractivity contribution in [2.75, 3.05) is 4.90 Å². The highest BCUT2D eigenvalue weighted by molar-refractivity contribution is 6.23. The van der Waals surface area contributed by atoms with E-state index in [1.807, 2.05) is 30.3 Å². The Balaban J connectivity index is 1.05. The van der Waals surface area contributed by atoms with Crippen molar-refractivity contribution < 1.29 is 4.42 Å². The Hall–Kier alpha value is -6.97. The summed E-state index contributed by atoms with van der Waals surface area (Å²) in [5, 5.41) is 6.99. The molecular weight excluding hydrogens is 633 g/mol. The third-order valence-corrected chi connectivity index (χ3v) is 10.1. The largest absolute Gasteiger partial charge is 0.435 e. The molecule has 0 fully saturated rings. The van der Waals surface area contributed by atoms with Gasteiger partial charge in [-0.05, 0) is 98.4 Å². The lowest BCUT2D eigenvalue weighted by atomic mass is 9.96. The Morgan fingerprint density at radius 3 is 1.67 bits per heavy atom. The van der Waals surface area contributed by atoms with Crippen LogP contribution in [0.25, 0.3) is 77.1 Å². The number of para-hydroxylation sites is 1. The number of oxazole rings is 1. The van der Waals surface area contributed by atoms with E-state index in [1.54, 1.807) is 0 Å². The molecule has 0 atom stereocenters. The van der Waals surface area contributed by atoms with Crippen LogP contribution in [0.1, 0.15) is 0 Å². The van der Waals surface area contributed by atoms with Gasteiger partial charge in [0.25, 0.3) is 0 Å². The SMILES string of the molecule is c1ccc(-c2nc3c4ccccc4c4ccc(-c5ccc(N(c6ccccc6)c6ccc(-c7cccc8ccccc78)cc6)cc5)cc4c3o2)cc1. The molecule has 0 saturated carbocycles. The van der Waals surface area contributed by atoms with Crippen molar-refractivity contribution in [2.24, 2.45) is 0 Å². The lowest BCUT2D eigenvalue weighted by Gasteiger charge is -2.26. The van der Waals surface area contributed by atoms with Gasteiger partial charge in [0.05, 0.1) is 0 Å². The van der Waals surface area contributed by atoms with E-state index in [0.717, 1.165) is 61.0 Å². The molecule has 0 N–H and O–H groups in total. The topological polar surface area (TPSA) is 29.3 Å². The van der Waals surface area contributed by atoms with Crippen molar-refractivity contribution in [2.45, 2.75) is 0 Å². The minimum Gasteiger partial charge on any atom is -0.435 e. The van der Waals surface area contributed by atoms with E-state index in [9.17, 15) is 0 Å². The number of rotatable bonds is 6. The molecule has 0 aliphatic carbocycles. The van der Waals surface area contributed by atoms with Gasteiger partial charge in [-0.25, -0.2) is 4.98 Å². The molecule has 0 amide bonds. The summed E-state index contributed by atoms with van der Waals surface area (Å²) in [5.41, 5.74) is 10.7. The molecule has 9 aromatic carbocycles. The maximum Gasteiger partial charge on any atom is 0.227 e. The van der Waals surface area contributed by atoms with Crippen LogP contribution in [0, 0.1) is 0 Å². The fourth-order valence-electron chi connectivity index (χ4n) is 7.55. The van der Waals surface area contributed by atoms with Crippen molar-refractivity contribution in [3.05, 3.63) is 194 Å². The van der Waals surface area contributed by atoms with Crippen LogP contribution in [0.3, 0.4) is 0 Å². The van der Waals surface area contributed by atoms with Gasteiger partial charge in [-0.1, -0.05) is 140 Å². The fourth-order valence-corrected chi connectivity index (χ4v) is 7.55. The molecule has 1 heterocycles. The first kappa shape index (κ1) is 29.9. The van der Waals surface area contributed by atoms with Crippen LogP contribution in [-0.4, -0.2) is 4.98 Å². The molecule has 0 spiro atoms. The van der Waals surface area contributed by atoms with Crippen molar-refractivity contribution in [3.8, 4) is 33.7 Å². The number of anilines is 3. The number of hydrogen-bond donors (Lipinski definition) is 0. The highest BCUT2D eigenvalue weighted by atomic mass is 16.3. The van der Waals surface area contributed by atoms with Crippen LogP contribution >= 0.6 is 0 Å². The van der Waals surface area contributed by atoms with Crippen molar-refractivity contribution in [1.29, 1.82) is 0 Å². The number of hydrogen-bond acceptors (Lipinski definition) is 3. The number of benzene rings is 9. The summed E-state index contributed by atoms with van der Waals surface area (Å²) in [7, 11) is 0. The molecule has 0 aliphatic heterocycles. The third-order valence-electron chi connectivity index (χ3n) is 10.1. The summed E-state index contributed by atoms with van der Waals surface area (Å²) in [6.45, 7) is 0. The van der Waals surface area contributed by atoms with E-state index in [4.69, 9.17) is 9.40 Å². The molecule has 52 heavy (non-hydrogen) atoms. The molecule has 3 nitrogen and oxygen atoms in total. The maximum absolute atomic E-state index is 6.55. The van der Waals surface area contributed by atoms with E-state index in [-0.39, 0.29) is 0 Å². The lowest BCUT2D eigenvalue weighted by molar-refractivity contribution is 0.623. The molecule has 0 radical (unpaired) electrons. The average molecular weight is 665 g/mol. The predicted molar refractivity (Wildman–Crippen MR) is 218 cm³/mol. The van der Waals surface area contributed by atoms with E-state index in [1.165, 1.54) is 27.3 Å². The van der Waals surface area contributed by atoms with E-state index >= 15 is 0 Å². The third kappa shape index (κ3) is 5.10. The first-order valence-electron chi connectivity index (χ1n) is 17.6. The second-order valence-electron chi connectivity index (χ2n) is 13.2. The van der Waals surface area contributed by atoms with E-state index in [0.29, 0.717) is 5.89 Å². The Kier molecular flexibility index (Phi) is 7.14. The van der Waals surface area contributed by atoms with Crippen LogP contribution in [0.4, 0.5) is 17.1 Å². The lowest BCUT2D eigenvalue weighted by Crippen LogP contribution is -2.09. The van der Waals surface area contributed by atoms with E-state index in [2.05, 4.69) is 169 Å². The zero-order valence-electron chi connectivity index (χ0n) is 28.3. The van der Waals surface area contributed by atoms with Crippen molar-refractivity contribution in [1.82, 2.24) is 4.98 Å². The fraction of sp³-hybridized carbons (Fsp3) is 0. The van der Waals surface area contributed by atoms with Gasteiger partial charge in [-0.2, -0.15) is 0 Å². The van der Waals surface area contributed by atoms with Crippen LogP contribution in [-0.2, 0) is 0 Å². The first-order valence-corrected chi connectivity index (χ1v) is 17.6.